The van der Waals surface area contributed by atoms with Crippen LogP contribution in [0.25, 0.3) is 0 Å². The zero-order valence-electron chi connectivity index (χ0n) is 8.34. The first-order valence-corrected chi connectivity index (χ1v) is 9.06. The minimum absolute atomic E-state index is 0.143. The number of rotatable bonds is 2. The Hall–Kier alpha value is 1.09. The lowest BCUT2D eigenvalue weighted by Crippen LogP contribution is -2.31. The van der Waals surface area contributed by atoms with Crippen LogP contribution in [0.15, 0.2) is 0 Å². The van der Waals surface area contributed by atoms with Crippen molar-refractivity contribution in [2.45, 2.75) is 46.1 Å². The third kappa shape index (κ3) is 4.36. The molecule has 0 fully saturated rings. The van der Waals surface area contributed by atoms with E-state index in [0.29, 0.717) is 0 Å². The van der Waals surface area contributed by atoms with Gasteiger partial charge < -0.3 is 0 Å². The van der Waals surface area contributed by atoms with Gasteiger partial charge in [-0.25, -0.2) is 0 Å². The summed E-state index contributed by atoms with van der Waals surface area (Å²) in [5, 5.41) is -0.143. The van der Waals surface area contributed by atoms with Gasteiger partial charge in [-0.2, -0.15) is 0 Å². The summed E-state index contributed by atoms with van der Waals surface area (Å²) in [4.78, 5) is 0. The molecule has 0 nitrogen and oxygen atoms in total. The molecule has 0 aromatic heterocycles. The highest BCUT2D eigenvalue weighted by Gasteiger charge is 2.45. The molecule has 0 bridgehead atoms. The normalized spacial score (nSPS) is 15.0. The highest BCUT2D eigenvalue weighted by Crippen LogP contribution is 2.52. The molecule has 0 aromatic carbocycles. The third-order valence-corrected chi connectivity index (χ3v) is 8.06. The van der Waals surface area contributed by atoms with Crippen LogP contribution in [-0.4, -0.2) is 6.00 Å². The predicted octanol–water partition coefficient (Wildman–Crippen LogP) is 4.86. The summed E-state index contributed by atoms with van der Waals surface area (Å²) in [6, 6.07) is -2.58. The second-order valence-electron chi connectivity index (χ2n) is 5.12. The van der Waals surface area contributed by atoms with Crippen molar-refractivity contribution in [1.29, 1.82) is 0 Å². The molecule has 0 aliphatic rings. The highest BCUT2D eigenvalue weighted by atomic mass is 35.8. The molecule has 0 heterocycles. The average molecular weight is 248 g/mol. The monoisotopic (exact) mass is 246 g/mol. The summed E-state index contributed by atoms with van der Waals surface area (Å²) in [6.07, 6.45) is 0.947. The van der Waals surface area contributed by atoms with E-state index in [1.54, 1.807) is 0 Å². The quantitative estimate of drug-likeness (QED) is 0.483. The third-order valence-electron chi connectivity index (χ3n) is 1.74. The Morgan fingerprint density at radius 2 is 1.25 bits per heavy atom. The van der Waals surface area contributed by atoms with Gasteiger partial charge in [0.05, 0.1) is 0 Å². The smallest absolute Gasteiger partial charge is 0.125 e. The molecule has 0 atom stereocenters. The molecule has 0 N–H and O–H groups in total. The minimum Gasteiger partial charge on any atom is -0.125 e. The lowest BCUT2D eigenvalue weighted by molar-refractivity contribution is 0.328. The maximum atomic E-state index is 6.00. The van der Waals surface area contributed by atoms with Gasteiger partial charge in [-0.3, -0.25) is 0 Å². The predicted molar refractivity (Wildman–Crippen MR) is 61.4 cm³/mol. The van der Waals surface area contributed by atoms with Crippen LogP contribution in [0, 0.1) is 5.41 Å². The van der Waals surface area contributed by atoms with E-state index in [1.165, 1.54) is 0 Å². The van der Waals surface area contributed by atoms with Gasteiger partial charge in [-0.15, -0.1) is 33.2 Å². The van der Waals surface area contributed by atoms with E-state index in [-0.39, 0.29) is 10.5 Å². The molecule has 0 unspecified atom stereocenters. The van der Waals surface area contributed by atoms with E-state index >= 15 is 0 Å². The first-order valence-electron chi connectivity index (χ1n) is 4.02. The molecule has 0 amide bonds. The summed E-state index contributed by atoms with van der Waals surface area (Å²) in [6.45, 7) is 10.6. The Balaban J connectivity index is 4.44. The lowest BCUT2D eigenvalue weighted by atomic mass is 9.86. The van der Waals surface area contributed by atoms with Crippen LogP contribution >= 0.6 is 33.2 Å². The van der Waals surface area contributed by atoms with Gasteiger partial charge in [-0.1, -0.05) is 34.6 Å². The fourth-order valence-electron chi connectivity index (χ4n) is 1.43. The summed E-state index contributed by atoms with van der Waals surface area (Å²) < 4.78 is 0. The van der Waals surface area contributed by atoms with E-state index in [9.17, 15) is 0 Å². The van der Waals surface area contributed by atoms with E-state index in [4.69, 9.17) is 33.2 Å². The van der Waals surface area contributed by atoms with Crippen LogP contribution in [0.1, 0.15) is 41.0 Å². The van der Waals surface area contributed by atoms with Crippen molar-refractivity contribution >= 4 is 39.2 Å². The van der Waals surface area contributed by atoms with Crippen LogP contribution in [-0.2, 0) is 0 Å². The molecule has 0 aliphatic carbocycles. The molecule has 4 heteroatoms. The van der Waals surface area contributed by atoms with Gasteiger partial charge in [0.25, 0.3) is 0 Å². The van der Waals surface area contributed by atoms with Gasteiger partial charge in [-0.05, 0) is 11.8 Å². The number of hydrogen-bond acceptors (Lipinski definition) is 0. The largest absolute Gasteiger partial charge is 0.346 e. The van der Waals surface area contributed by atoms with Gasteiger partial charge in [0.15, 0.2) is 0 Å². The second-order valence-corrected chi connectivity index (χ2v) is 14.3. The van der Waals surface area contributed by atoms with E-state index < -0.39 is 6.00 Å². The van der Waals surface area contributed by atoms with Gasteiger partial charge in [0.2, 0.25) is 0 Å². The van der Waals surface area contributed by atoms with Gasteiger partial charge >= 0.3 is 6.00 Å². The molecule has 0 rings (SSSR count). The summed E-state index contributed by atoms with van der Waals surface area (Å²) in [7, 11) is 0. The fourth-order valence-corrected chi connectivity index (χ4v) is 2.76. The minimum atomic E-state index is -2.58. The maximum Gasteiger partial charge on any atom is 0.346 e. The fraction of sp³-hybridized carbons (Fsp3) is 1.00. The molecular weight excluding hydrogens is 231 g/mol. The van der Waals surface area contributed by atoms with Crippen LogP contribution < -0.4 is 0 Å². The van der Waals surface area contributed by atoms with E-state index in [0.717, 1.165) is 6.42 Å². The molecule has 12 heavy (non-hydrogen) atoms. The zero-order chi connectivity index (χ0) is 10.2. The Morgan fingerprint density at radius 3 is 1.33 bits per heavy atom. The van der Waals surface area contributed by atoms with E-state index in [1.807, 2.05) is 13.8 Å². The SMILES string of the molecule is CC(C)(C)CC(C)(C)[Si](Cl)(Cl)Cl. The van der Waals surface area contributed by atoms with E-state index in [2.05, 4.69) is 20.8 Å². The molecule has 0 saturated carbocycles. The van der Waals surface area contributed by atoms with Crippen molar-refractivity contribution in [3.63, 3.8) is 0 Å². The molecule has 0 radical (unpaired) electrons. The Labute approximate surface area is 90.7 Å². The van der Waals surface area contributed by atoms with Crippen LogP contribution in [0.4, 0.5) is 0 Å². The first kappa shape index (κ1) is 13.1. The topological polar surface area (TPSA) is 0 Å². The van der Waals surface area contributed by atoms with Crippen molar-refractivity contribution in [3.05, 3.63) is 0 Å². The second kappa shape index (κ2) is 3.68. The standard InChI is InChI=1S/C8H17Cl3Si/c1-7(2,3)6-8(4,5)12(9,10)11/h6H2,1-5H3. The molecule has 0 saturated heterocycles. The van der Waals surface area contributed by atoms with Gasteiger partial charge in [0, 0.05) is 5.04 Å². The summed E-state index contributed by atoms with van der Waals surface area (Å²) in [5.41, 5.74) is 0.223. The molecule has 74 valence electrons. The molecule has 0 spiro atoms. The van der Waals surface area contributed by atoms with Crippen molar-refractivity contribution in [2.75, 3.05) is 0 Å². The molecular formula is C8H17Cl3Si. The number of hydrogen-bond donors (Lipinski definition) is 0. The maximum absolute atomic E-state index is 6.00. The van der Waals surface area contributed by atoms with Crippen molar-refractivity contribution in [2.24, 2.45) is 5.41 Å². The average Bonchev–Trinajstić information content (AvgIpc) is 1.52. The van der Waals surface area contributed by atoms with Crippen molar-refractivity contribution in [1.82, 2.24) is 0 Å². The van der Waals surface area contributed by atoms with Crippen LogP contribution in [0.3, 0.4) is 0 Å². The van der Waals surface area contributed by atoms with Gasteiger partial charge in [0.1, 0.15) is 0 Å². The van der Waals surface area contributed by atoms with Crippen molar-refractivity contribution in [3.8, 4) is 0 Å². The summed E-state index contributed by atoms with van der Waals surface area (Å²) in [5.74, 6) is 0. The Kier molecular flexibility index (Phi) is 4.02. The number of halogens is 3. The first-order chi connectivity index (χ1) is 4.96. The molecule has 0 aromatic rings. The Bertz CT molecular complexity index is 153. The summed E-state index contributed by atoms with van der Waals surface area (Å²) >= 11 is 18.0. The molecule has 0 aliphatic heterocycles. The van der Waals surface area contributed by atoms with Crippen LogP contribution in [0.5, 0.6) is 0 Å². The lowest BCUT2D eigenvalue weighted by Gasteiger charge is -2.36. The van der Waals surface area contributed by atoms with Crippen molar-refractivity contribution < 1.29 is 0 Å². The zero-order valence-corrected chi connectivity index (χ0v) is 11.6. The highest BCUT2D eigenvalue weighted by molar-refractivity contribution is 7.65. The van der Waals surface area contributed by atoms with Crippen LogP contribution in [0.2, 0.25) is 5.04 Å². The Morgan fingerprint density at radius 1 is 0.917 bits per heavy atom.